The molecule has 0 bridgehead atoms. The summed E-state index contributed by atoms with van der Waals surface area (Å²) in [5.41, 5.74) is 0. The van der Waals surface area contributed by atoms with Crippen molar-refractivity contribution in [3.8, 4) is 0 Å². The van der Waals surface area contributed by atoms with E-state index in [0.717, 1.165) is 9.50 Å². The number of thioether (sulfide) groups is 2. The minimum Gasteiger partial charge on any atom is -0.293 e. The minimum atomic E-state index is 1.05. The maximum absolute atomic E-state index is 4.36. The van der Waals surface area contributed by atoms with Gasteiger partial charge in [0.05, 0.1) is 5.03 Å². The fourth-order valence-electron chi connectivity index (χ4n) is 1.87. The number of hydrogen-bond donors (Lipinski definition) is 0. The van der Waals surface area contributed by atoms with Crippen molar-refractivity contribution in [1.82, 2.24) is 9.88 Å². The third kappa shape index (κ3) is 5.51. The molecular weight excluding hydrogens is 328 g/mol. The number of aromatic nitrogens is 1. The molecule has 1 aromatic rings. The molecule has 0 aromatic carbocycles. The molecule has 0 atom stereocenters. The van der Waals surface area contributed by atoms with Crippen molar-refractivity contribution in [1.29, 1.82) is 0 Å². The van der Waals surface area contributed by atoms with Gasteiger partial charge < -0.3 is 0 Å². The van der Waals surface area contributed by atoms with Crippen molar-refractivity contribution >= 4 is 39.5 Å². The summed E-state index contributed by atoms with van der Waals surface area (Å²) in [6, 6.07) is 4.14. The molecule has 2 rings (SSSR count). The second-order valence-electron chi connectivity index (χ2n) is 4.38. The maximum atomic E-state index is 4.36. The van der Waals surface area contributed by atoms with Crippen LogP contribution in [0.4, 0.5) is 0 Å². The van der Waals surface area contributed by atoms with Gasteiger partial charge in [-0.15, -0.1) is 23.5 Å². The zero-order valence-electron chi connectivity index (χ0n) is 10.5. The van der Waals surface area contributed by atoms with Gasteiger partial charge in [-0.3, -0.25) is 4.90 Å². The summed E-state index contributed by atoms with van der Waals surface area (Å²) in [4.78, 5) is 6.93. The minimum absolute atomic E-state index is 1.05. The van der Waals surface area contributed by atoms with Crippen LogP contribution < -0.4 is 0 Å². The summed E-state index contributed by atoms with van der Waals surface area (Å²) >= 11 is 7.32. The summed E-state index contributed by atoms with van der Waals surface area (Å²) < 4.78 is 1.05. The van der Waals surface area contributed by atoms with E-state index >= 15 is 0 Å². The second-order valence-corrected chi connectivity index (χ2v) is 7.48. The normalized spacial score (nSPS) is 16.3. The highest BCUT2D eigenvalue weighted by Gasteiger charge is 2.10. The van der Waals surface area contributed by atoms with Crippen LogP contribution in [0.5, 0.6) is 0 Å². The zero-order chi connectivity index (χ0) is 12.6. The van der Waals surface area contributed by atoms with E-state index in [4.69, 9.17) is 0 Å². The number of nitrogens with zero attached hydrogens (tertiary/aromatic N) is 2. The number of pyridine rings is 1. The molecule has 0 amide bonds. The Bertz CT molecular complexity index is 339. The fourth-order valence-corrected chi connectivity index (χ4v) is 3.98. The van der Waals surface area contributed by atoms with Gasteiger partial charge in [-0.2, -0.15) is 0 Å². The molecule has 1 saturated heterocycles. The predicted molar refractivity (Wildman–Crippen MR) is 85.4 cm³/mol. The monoisotopic (exact) mass is 346 g/mol. The van der Waals surface area contributed by atoms with E-state index in [-0.39, 0.29) is 0 Å². The summed E-state index contributed by atoms with van der Waals surface area (Å²) in [6.07, 6.45) is 5.84. The molecule has 18 heavy (non-hydrogen) atoms. The third-order valence-corrected chi connectivity index (χ3v) is 5.41. The third-order valence-electron chi connectivity index (χ3n) is 2.89. The quantitative estimate of drug-likeness (QED) is 0.545. The van der Waals surface area contributed by atoms with Crippen LogP contribution in [0.1, 0.15) is 19.3 Å². The zero-order valence-corrected chi connectivity index (χ0v) is 13.7. The van der Waals surface area contributed by atoms with Crippen molar-refractivity contribution in [2.45, 2.75) is 24.3 Å². The summed E-state index contributed by atoms with van der Waals surface area (Å²) in [6.45, 7) is 2.58. The van der Waals surface area contributed by atoms with Gasteiger partial charge >= 0.3 is 0 Å². The lowest BCUT2D eigenvalue weighted by Crippen LogP contribution is -2.20. The second kappa shape index (κ2) is 8.46. The average Bonchev–Trinajstić information content (AvgIpc) is 2.89. The summed E-state index contributed by atoms with van der Waals surface area (Å²) in [5, 5.41) is 1.13. The van der Waals surface area contributed by atoms with Crippen LogP contribution in [0.3, 0.4) is 0 Å². The van der Waals surface area contributed by atoms with Gasteiger partial charge in [0.25, 0.3) is 0 Å². The Morgan fingerprint density at radius 3 is 3.00 bits per heavy atom. The van der Waals surface area contributed by atoms with Gasteiger partial charge in [0.2, 0.25) is 0 Å². The first kappa shape index (κ1) is 14.7. The Morgan fingerprint density at radius 2 is 2.28 bits per heavy atom. The Hall–Kier alpha value is 0.290. The molecule has 0 spiro atoms. The molecule has 100 valence electrons. The van der Waals surface area contributed by atoms with Gasteiger partial charge in [-0.25, -0.2) is 4.98 Å². The average molecular weight is 347 g/mol. The van der Waals surface area contributed by atoms with E-state index in [0.29, 0.717) is 0 Å². The number of rotatable bonds is 7. The number of halogens is 1. The smallest absolute Gasteiger partial charge is 0.0960 e. The molecule has 0 N–H and O–H groups in total. The first-order valence-corrected chi connectivity index (χ1v) is 9.32. The lowest BCUT2D eigenvalue weighted by molar-refractivity contribution is 0.346. The summed E-state index contributed by atoms with van der Waals surface area (Å²) in [7, 11) is 0. The fraction of sp³-hybridized carbons (Fsp3) is 0.615. The largest absolute Gasteiger partial charge is 0.293 e. The van der Waals surface area contributed by atoms with Crippen LogP contribution in [-0.2, 0) is 0 Å². The van der Waals surface area contributed by atoms with Crippen molar-refractivity contribution < 1.29 is 0 Å². The molecule has 5 heteroatoms. The summed E-state index contributed by atoms with van der Waals surface area (Å²) in [5.74, 6) is 3.76. The van der Waals surface area contributed by atoms with E-state index in [9.17, 15) is 0 Å². The molecule has 0 radical (unpaired) electrons. The molecule has 0 unspecified atom stereocenters. The van der Waals surface area contributed by atoms with Crippen LogP contribution in [0.2, 0.25) is 0 Å². The van der Waals surface area contributed by atoms with E-state index in [2.05, 4.69) is 49.7 Å². The molecule has 0 saturated carbocycles. The molecule has 1 aliphatic heterocycles. The van der Waals surface area contributed by atoms with Gasteiger partial charge in [-0.05, 0) is 53.2 Å². The van der Waals surface area contributed by atoms with Crippen LogP contribution in [0.25, 0.3) is 0 Å². The van der Waals surface area contributed by atoms with E-state index in [1.165, 1.54) is 49.7 Å². The Labute approximate surface area is 126 Å². The van der Waals surface area contributed by atoms with Crippen LogP contribution in [0, 0.1) is 0 Å². The number of unbranched alkanes of at least 4 members (excludes halogenated alkanes) is 2. The van der Waals surface area contributed by atoms with E-state index in [1.807, 2.05) is 18.0 Å². The highest BCUT2D eigenvalue weighted by molar-refractivity contribution is 9.10. The van der Waals surface area contributed by atoms with Crippen LogP contribution in [0.15, 0.2) is 27.8 Å². The Morgan fingerprint density at radius 1 is 1.33 bits per heavy atom. The van der Waals surface area contributed by atoms with Crippen LogP contribution in [-0.4, -0.2) is 40.4 Å². The van der Waals surface area contributed by atoms with E-state index in [1.54, 1.807) is 0 Å². The van der Waals surface area contributed by atoms with Crippen molar-refractivity contribution in [3.05, 3.63) is 22.8 Å². The Kier molecular flexibility index (Phi) is 6.91. The molecular formula is C13H19BrN2S2. The molecule has 2 nitrogen and oxygen atoms in total. The van der Waals surface area contributed by atoms with Crippen molar-refractivity contribution in [2.75, 3.05) is 30.5 Å². The SMILES string of the molecule is Brc1ccc(SCCCCCN2CCSC2)nc1. The van der Waals surface area contributed by atoms with Crippen molar-refractivity contribution in [3.63, 3.8) is 0 Å². The molecule has 2 heterocycles. The highest BCUT2D eigenvalue weighted by Crippen LogP contribution is 2.19. The first-order chi connectivity index (χ1) is 8.84. The number of hydrogen-bond acceptors (Lipinski definition) is 4. The predicted octanol–water partition coefficient (Wildman–Crippen LogP) is 4.11. The molecule has 0 aliphatic carbocycles. The Balaban J connectivity index is 1.49. The maximum Gasteiger partial charge on any atom is 0.0960 e. The van der Waals surface area contributed by atoms with Gasteiger partial charge in [0.15, 0.2) is 0 Å². The van der Waals surface area contributed by atoms with Crippen LogP contribution >= 0.6 is 39.5 Å². The lowest BCUT2D eigenvalue weighted by atomic mass is 10.2. The first-order valence-electron chi connectivity index (χ1n) is 6.39. The lowest BCUT2D eigenvalue weighted by Gasteiger charge is -2.12. The molecule has 1 aromatic heterocycles. The van der Waals surface area contributed by atoms with Gasteiger partial charge in [-0.1, -0.05) is 6.42 Å². The standard InChI is InChI=1S/C13H19BrN2S2/c14-12-4-5-13(15-10-12)18-8-3-1-2-6-16-7-9-17-11-16/h4-5,10H,1-3,6-9,11H2. The van der Waals surface area contributed by atoms with Gasteiger partial charge in [0, 0.05) is 28.8 Å². The van der Waals surface area contributed by atoms with Crippen molar-refractivity contribution in [2.24, 2.45) is 0 Å². The topological polar surface area (TPSA) is 16.1 Å². The highest BCUT2D eigenvalue weighted by atomic mass is 79.9. The van der Waals surface area contributed by atoms with E-state index < -0.39 is 0 Å². The van der Waals surface area contributed by atoms with Gasteiger partial charge in [0.1, 0.15) is 0 Å². The molecule has 1 fully saturated rings. The molecule has 1 aliphatic rings.